The van der Waals surface area contributed by atoms with Gasteiger partial charge in [0.1, 0.15) is 0 Å². The number of carboxylic acid groups (broad SMARTS) is 1. The number of carbonyl (C=O) groups is 1. The van der Waals surface area contributed by atoms with Gasteiger partial charge in [-0.2, -0.15) is 0 Å². The minimum absolute atomic E-state index is 0.130. The van der Waals surface area contributed by atoms with Gasteiger partial charge in [-0.15, -0.1) is 0 Å². The molecular formula is C17H25O2. The first-order chi connectivity index (χ1) is 9.05. The lowest BCUT2D eigenvalue weighted by atomic mass is 9.44. The molecule has 19 heavy (non-hydrogen) atoms. The number of hydrogen-bond acceptors (Lipinski definition) is 1. The molecule has 3 unspecified atom stereocenters. The molecule has 0 heterocycles. The average molecular weight is 261 g/mol. The van der Waals surface area contributed by atoms with Gasteiger partial charge in [-0.3, -0.25) is 0 Å². The highest BCUT2D eigenvalue weighted by Crippen LogP contribution is 2.65. The second-order valence-electron chi connectivity index (χ2n) is 7.07. The molecule has 4 bridgehead atoms. The van der Waals surface area contributed by atoms with Crippen LogP contribution in [0.1, 0.15) is 58.8 Å². The van der Waals surface area contributed by atoms with E-state index in [2.05, 4.69) is 13.0 Å². The van der Waals surface area contributed by atoms with E-state index in [0.29, 0.717) is 5.57 Å². The van der Waals surface area contributed by atoms with Crippen molar-refractivity contribution < 1.29 is 9.90 Å². The van der Waals surface area contributed by atoms with Gasteiger partial charge in [0.05, 0.1) is 0 Å². The van der Waals surface area contributed by atoms with Crippen molar-refractivity contribution in [3.63, 3.8) is 0 Å². The zero-order valence-electron chi connectivity index (χ0n) is 12.1. The lowest BCUT2D eigenvalue weighted by Crippen LogP contribution is -2.51. The lowest BCUT2D eigenvalue weighted by Gasteiger charge is -2.60. The minimum atomic E-state index is -0.745. The summed E-state index contributed by atoms with van der Waals surface area (Å²) in [6, 6.07) is 0. The third-order valence-electron chi connectivity index (χ3n) is 5.83. The molecule has 4 rings (SSSR count). The normalized spacial score (nSPS) is 41.8. The van der Waals surface area contributed by atoms with Crippen LogP contribution < -0.4 is 0 Å². The first kappa shape index (κ1) is 13.2. The Labute approximate surface area is 116 Å². The summed E-state index contributed by atoms with van der Waals surface area (Å²) in [7, 11) is 0. The van der Waals surface area contributed by atoms with Crippen molar-refractivity contribution >= 4 is 5.97 Å². The number of hydrogen-bond donors (Lipinski definition) is 1. The van der Waals surface area contributed by atoms with E-state index in [-0.39, 0.29) is 5.41 Å². The van der Waals surface area contributed by atoms with Gasteiger partial charge in [-0.05, 0) is 74.5 Å². The van der Waals surface area contributed by atoms with Gasteiger partial charge >= 0.3 is 5.97 Å². The summed E-state index contributed by atoms with van der Waals surface area (Å²) in [5, 5.41) is 9.24. The molecule has 2 heteroatoms. The second kappa shape index (κ2) is 4.64. The molecule has 0 aromatic rings. The Kier molecular flexibility index (Phi) is 3.23. The Balaban J connectivity index is 1.96. The van der Waals surface area contributed by atoms with Crippen LogP contribution in [-0.2, 0) is 4.79 Å². The lowest BCUT2D eigenvalue weighted by molar-refractivity contribution is -0.132. The van der Waals surface area contributed by atoms with E-state index in [0.717, 1.165) is 30.6 Å². The zero-order valence-corrected chi connectivity index (χ0v) is 12.1. The molecule has 0 saturated heterocycles. The third kappa shape index (κ3) is 2.04. The van der Waals surface area contributed by atoms with Crippen molar-refractivity contribution in [2.75, 3.05) is 0 Å². The van der Waals surface area contributed by atoms with Crippen LogP contribution in [0.3, 0.4) is 0 Å². The summed E-state index contributed by atoms with van der Waals surface area (Å²) < 4.78 is 0. The molecule has 0 aromatic carbocycles. The quantitative estimate of drug-likeness (QED) is 0.769. The van der Waals surface area contributed by atoms with E-state index in [1.807, 2.05) is 0 Å². The van der Waals surface area contributed by atoms with Crippen LogP contribution in [0.15, 0.2) is 11.6 Å². The summed E-state index contributed by atoms with van der Waals surface area (Å²) in [6.45, 7) is 4.00. The molecule has 4 aliphatic rings. The summed E-state index contributed by atoms with van der Waals surface area (Å²) in [5.41, 5.74) is 0.679. The van der Waals surface area contributed by atoms with Gasteiger partial charge in [0, 0.05) is 5.57 Å². The third-order valence-corrected chi connectivity index (χ3v) is 5.83. The standard InChI is InChI=1S/C17H25O2/c1-3-4-17(10-11(2)16(18)19)14-6-12-5-13(8-14)9-15(17)7-12/h10,12-14H,3-9H2,1-2H3,(H,18,19). The topological polar surface area (TPSA) is 37.3 Å². The van der Waals surface area contributed by atoms with Crippen molar-refractivity contribution in [3.05, 3.63) is 17.6 Å². The summed E-state index contributed by atoms with van der Waals surface area (Å²) in [6.07, 6.45) is 11.1. The molecule has 0 amide bonds. The van der Waals surface area contributed by atoms with Crippen molar-refractivity contribution in [2.45, 2.75) is 58.8 Å². The average Bonchev–Trinajstić information content (AvgIpc) is 2.34. The summed E-state index contributed by atoms with van der Waals surface area (Å²) >= 11 is 0. The first-order valence-corrected chi connectivity index (χ1v) is 7.83. The maximum absolute atomic E-state index is 11.2. The highest BCUT2D eigenvalue weighted by molar-refractivity contribution is 5.86. The van der Waals surface area contributed by atoms with Crippen LogP contribution in [-0.4, -0.2) is 11.1 Å². The van der Waals surface area contributed by atoms with Gasteiger partial charge < -0.3 is 5.11 Å². The number of allylic oxidation sites excluding steroid dienone is 1. The maximum atomic E-state index is 11.2. The van der Waals surface area contributed by atoms with E-state index >= 15 is 0 Å². The SMILES string of the molecule is CCCC1(C=C(C)C(=O)O)[C]2CC3CC(C2)CC1C3. The largest absolute Gasteiger partial charge is 0.478 e. The molecule has 3 atom stereocenters. The van der Waals surface area contributed by atoms with Crippen molar-refractivity contribution in [1.82, 2.24) is 0 Å². The first-order valence-electron chi connectivity index (χ1n) is 7.83. The van der Waals surface area contributed by atoms with Gasteiger partial charge in [-0.1, -0.05) is 19.4 Å². The molecule has 4 saturated carbocycles. The van der Waals surface area contributed by atoms with Crippen molar-refractivity contribution in [2.24, 2.45) is 23.2 Å². The molecule has 0 spiro atoms. The van der Waals surface area contributed by atoms with E-state index in [1.165, 1.54) is 32.1 Å². The molecule has 1 radical (unpaired) electrons. The molecule has 105 valence electrons. The Hall–Kier alpha value is -0.790. The van der Waals surface area contributed by atoms with E-state index in [1.54, 1.807) is 12.8 Å². The van der Waals surface area contributed by atoms with Gasteiger partial charge in [0.2, 0.25) is 0 Å². The van der Waals surface area contributed by atoms with Crippen molar-refractivity contribution in [1.29, 1.82) is 0 Å². The van der Waals surface area contributed by atoms with Crippen LogP contribution in [0, 0.1) is 29.1 Å². The minimum Gasteiger partial charge on any atom is -0.478 e. The fourth-order valence-corrected chi connectivity index (χ4v) is 5.30. The monoisotopic (exact) mass is 261 g/mol. The van der Waals surface area contributed by atoms with Gasteiger partial charge in [0.25, 0.3) is 0 Å². The van der Waals surface area contributed by atoms with Gasteiger partial charge in [-0.25, -0.2) is 4.79 Å². The van der Waals surface area contributed by atoms with Crippen LogP contribution >= 0.6 is 0 Å². The van der Waals surface area contributed by atoms with E-state index in [4.69, 9.17) is 0 Å². The highest BCUT2D eigenvalue weighted by atomic mass is 16.4. The number of aliphatic carboxylic acids is 1. The second-order valence-corrected chi connectivity index (χ2v) is 7.07. The van der Waals surface area contributed by atoms with Crippen LogP contribution in [0.4, 0.5) is 0 Å². The Bertz CT molecular complexity index is 379. The molecule has 0 aromatic heterocycles. The Morgan fingerprint density at radius 1 is 1.32 bits per heavy atom. The molecular weight excluding hydrogens is 236 g/mol. The van der Waals surface area contributed by atoms with E-state index < -0.39 is 5.97 Å². The molecule has 0 aliphatic heterocycles. The zero-order chi connectivity index (χ0) is 13.6. The van der Waals surface area contributed by atoms with Crippen LogP contribution in [0.5, 0.6) is 0 Å². The molecule has 2 nitrogen and oxygen atoms in total. The van der Waals surface area contributed by atoms with Gasteiger partial charge in [0.15, 0.2) is 0 Å². The smallest absolute Gasteiger partial charge is 0.330 e. The van der Waals surface area contributed by atoms with E-state index in [9.17, 15) is 9.90 Å². The fourth-order valence-electron chi connectivity index (χ4n) is 5.30. The fraction of sp³-hybridized carbons (Fsp3) is 0.765. The molecule has 4 fully saturated rings. The molecule has 4 aliphatic carbocycles. The Morgan fingerprint density at radius 2 is 1.95 bits per heavy atom. The Morgan fingerprint density at radius 3 is 2.42 bits per heavy atom. The predicted molar refractivity (Wildman–Crippen MR) is 75.5 cm³/mol. The number of rotatable bonds is 4. The summed E-state index contributed by atoms with van der Waals surface area (Å²) in [5.74, 6) is 3.50. The van der Waals surface area contributed by atoms with Crippen LogP contribution in [0.25, 0.3) is 0 Å². The number of carboxylic acids is 1. The van der Waals surface area contributed by atoms with Crippen LogP contribution in [0.2, 0.25) is 0 Å². The predicted octanol–water partition coefficient (Wildman–Crippen LogP) is 4.22. The maximum Gasteiger partial charge on any atom is 0.330 e. The van der Waals surface area contributed by atoms with Crippen molar-refractivity contribution in [3.8, 4) is 0 Å². The summed E-state index contributed by atoms with van der Waals surface area (Å²) in [4.78, 5) is 11.2. The molecule has 1 N–H and O–H groups in total. The highest BCUT2D eigenvalue weighted by Gasteiger charge is 2.55.